The van der Waals surface area contributed by atoms with Crippen molar-refractivity contribution in [3.05, 3.63) is 34.9 Å². The van der Waals surface area contributed by atoms with Crippen molar-refractivity contribution in [2.24, 2.45) is 0 Å². The van der Waals surface area contributed by atoms with Gasteiger partial charge >= 0.3 is 39.5 Å². The lowest BCUT2D eigenvalue weighted by Gasteiger charge is -2.32. The second-order valence-corrected chi connectivity index (χ2v) is 7.41. The normalized spacial score (nSPS) is 14.6. The maximum atomic E-state index is 13.5. The minimum absolute atomic E-state index is 0.0836. The summed E-state index contributed by atoms with van der Waals surface area (Å²) >= 11 is 0. The van der Waals surface area contributed by atoms with E-state index in [9.17, 15) is 65.9 Å². The molecule has 1 amide bonds. The van der Waals surface area contributed by atoms with Gasteiger partial charge in [0.25, 0.3) is 5.91 Å². The van der Waals surface area contributed by atoms with Crippen LogP contribution in [-0.4, -0.2) is 37.6 Å². The molecule has 172 valence electrons. The summed E-state index contributed by atoms with van der Waals surface area (Å²) in [6.45, 7) is 0.924. The Kier molecular flexibility index (Phi) is 6.19. The van der Waals surface area contributed by atoms with Gasteiger partial charge in [-0.25, -0.2) is 4.72 Å². The zero-order valence-electron chi connectivity index (χ0n) is 13.9. The lowest BCUT2D eigenvalue weighted by molar-refractivity contribution is -0.382. The highest BCUT2D eigenvalue weighted by atomic mass is 32.2. The molecule has 0 atom stereocenters. The van der Waals surface area contributed by atoms with Gasteiger partial charge in [0, 0.05) is 5.56 Å². The number of amides is 1. The molecule has 0 aromatic heterocycles. The van der Waals surface area contributed by atoms with E-state index in [4.69, 9.17) is 0 Å². The Labute approximate surface area is 158 Å². The van der Waals surface area contributed by atoms with Crippen LogP contribution >= 0.6 is 0 Å². The standard InChI is InChI=1S/C13H7F12NO3S/c1-5-2-6(4-7(3-5)9(14,15)16)8(27)26-30(28,29)13(24,25)11(19,20)10(17,18)12(21,22)23/h2-4H,1H3,(H,26,27). The van der Waals surface area contributed by atoms with Crippen molar-refractivity contribution < 1.29 is 65.9 Å². The molecule has 1 N–H and O–H groups in total. The van der Waals surface area contributed by atoms with Crippen LogP contribution in [0.1, 0.15) is 21.5 Å². The zero-order valence-corrected chi connectivity index (χ0v) is 14.7. The fourth-order valence-corrected chi connectivity index (χ4v) is 2.81. The zero-order chi connectivity index (χ0) is 24.1. The van der Waals surface area contributed by atoms with Gasteiger partial charge in [-0.15, -0.1) is 0 Å². The van der Waals surface area contributed by atoms with Crippen LogP contribution < -0.4 is 4.72 Å². The average Bonchev–Trinajstić information content (AvgIpc) is 2.51. The molecule has 0 unspecified atom stereocenters. The molecular formula is C13H7F12NO3S. The Hall–Kier alpha value is -2.20. The van der Waals surface area contributed by atoms with E-state index < -0.39 is 62.1 Å². The highest BCUT2D eigenvalue weighted by molar-refractivity contribution is 7.91. The molecule has 0 aliphatic rings. The number of aryl methyl sites for hydroxylation is 1. The molecule has 0 bridgehead atoms. The Morgan fingerprint density at radius 2 is 1.27 bits per heavy atom. The second-order valence-electron chi connectivity index (χ2n) is 5.68. The number of rotatable bonds is 5. The fraction of sp³-hybridized carbons (Fsp3) is 0.462. The molecule has 0 aliphatic heterocycles. The molecule has 0 radical (unpaired) electrons. The number of halogens is 12. The van der Waals surface area contributed by atoms with Crippen LogP contribution in [0.4, 0.5) is 52.7 Å². The molecular weight excluding hydrogens is 478 g/mol. The van der Waals surface area contributed by atoms with Crippen molar-refractivity contribution in [3.63, 3.8) is 0 Å². The number of nitrogens with one attached hydrogen (secondary N) is 1. The van der Waals surface area contributed by atoms with Crippen molar-refractivity contribution in [3.8, 4) is 0 Å². The topological polar surface area (TPSA) is 63.2 Å². The van der Waals surface area contributed by atoms with Gasteiger partial charge in [-0.2, -0.15) is 61.1 Å². The molecule has 0 aliphatic carbocycles. The van der Waals surface area contributed by atoms with E-state index in [0.717, 1.165) is 6.92 Å². The summed E-state index contributed by atoms with van der Waals surface area (Å²) in [5, 5.41) is -7.22. The Morgan fingerprint density at radius 3 is 1.67 bits per heavy atom. The van der Waals surface area contributed by atoms with E-state index in [1.165, 1.54) is 0 Å². The predicted octanol–water partition coefficient (Wildman–Crippen LogP) is 4.50. The molecule has 1 rings (SSSR count). The summed E-state index contributed by atoms with van der Waals surface area (Å²) in [5.74, 6) is -17.6. The number of hydrogen-bond acceptors (Lipinski definition) is 3. The van der Waals surface area contributed by atoms with E-state index >= 15 is 0 Å². The predicted molar refractivity (Wildman–Crippen MR) is 73.5 cm³/mol. The molecule has 0 spiro atoms. The van der Waals surface area contributed by atoms with Crippen molar-refractivity contribution >= 4 is 15.9 Å². The smallest absolute Gasteiger partial charge is 0.268 e. The van der Waals surface area contributed by atoms with Crippen LogP contribution in [0.25, 0.3) is 0 Å². The van der Waals surface area contributed by atoms with Crippen LogP contribution in [0.2, 0.25) is 0 Å². The number of benzene rings is 1. The van der Waals surface area contributed by atoms with Crippen LogP contribution in [0.5, 0.6) is 0 Å². The van der Waals surface area contributed by atoms with Gasteiger partial charge in [0.1, 0.15) is 0 Å². The first-order chi connectivity index (χ1) is 13.0. The van der Waals surface area contributed by atoms with Gasteiger partial charge in [0.2, 0.25) is 0 Å². The van der Waals surface area contributed by atoms with Gasteiger partial charge in [-0.3, -0.25) is 4.79 Å². The molecule has 17 heteroatoms. The Morgan fingerprint density at radius 1 is 0.800 bits per heavy atom. The van der Waals surface area contributed by atoms with Crippen LogP contribution in [0, 0.1) is 6.92 Å². The Balaban J connectivity index is 3.40. The minimum Gasteiger partial charge on any atom is -0.268 e. The quantitative estimate of drug-likeness (QED) is 0.625. The van der Waals surface area contributed by atoms with E-state index in [1.54, 1.807) is 0 Å². The number of carbonyl (C=O) groups excluding carboxylic acids is 1. The fourth-order valence-electron chi connectivity index (χ4n) is 1.85. The molecule has 4 nitrogen and oxygen atoms in total. The van der Waals surface area contributed by atoms with Crippen LogP contribution in [0.15, 0.2) is 18.2 Å². The first-order valence-corrected chi connectivity index (χ1v) is 8.43. The van der Waals surface area contributed by atoms with Gasteiger partial charge < -0.3 is 0 Å². The molecule has 0 heterocycles. The molecule has 0 saturated heterocycles. The van der Waals surface area contributed by atoms with E-state index in [0.29, 0.717) is 12.1 Å². The maximum absolute atomic E-state index is 13.5. The van der Waals surface area contributed by atoms with Crippen molar-refractivity contribution in [1.82, 2.24) is 4.72 Å². The number of sulfonamides is 1. The molecule has 30 heavy (non-hydrogen) atoms. The summed E-state index contributed by atoms with van der Waals surface area (Å²) in [6, 6.07) is 0.789. The molecule has 1 aromatic rings. The van der Waals surface area contributed by atoms with Crippen molar-refractivity contribution in [2.45, 2.75) is 36.4 Å². The molecule has 1 aromatic carbocycles. The van der Waals surface area contributed by atoms with E-state index in [2.05, 4.69) is 0 Å². The number of alkyl halides is 12. The van der Waals surface area contributed by atoms with Gasteiger partial charge in [0.15, 0.2) is 0 Å². The minimum atomic E-state index is -7.60. The van der Waals surface area contributed by atoms with Gasteiger partial charge in [-0.05, 0) is 30.7 Å². The van der Waals surface area contributed by atoms with Gasteiger partial charge in [-0.1, -0.05) is 0 Å². The second kappa shape index (κ2) is 7.19. The van der Waals surface area contributed by atoms with Crippen molar-refractivity contribution in [2.75, 3.05) is 0 Å². The number of hydrogen-bond donors (Lipinski definition) is 1. The highest BCUT2D eigenvalue weighted by Crippen LogP contribution is 2.54. The molecule has 0 saturated carbocycles. The third-order valence-corrected chi connectivity index (χ3v) is 4.73. The van der Waals surface area contributed by atoms with Crippen LogP contribution in [0.3, 0.4) is 0 Å². The largest absolute Gasteiger partial charge is 0.460 e. The third kappa shape index (κ3) is 4.29. The van der Waals surface area contributed by atoms with E-state index in [1.807, 2.05) is 0 Å². The lowest BCUT2D eigenvalue weighted by Crippen LogP contribution is -2.65. The maximum Gasteiger partial charge on any atom is 0.460 e. The Bertz CT molecular complexity index is 934. The first-order valence-electron chi connectivity index (χ1n) is 6.95. The lowest BCUT2D eigenvalue weighted by atomic mass is 10.1. The van der Waals surface area contributed by atoms with Gasteiger partial charge in [0.05, 0.1) is 5.56 Å². The first kappa shape index (κ1) is 25.8. The monoisotopic (exact) mass is 485 g/mol. The summed E-state index contributed by atoms with van der Waals surface area (Å²) in [7, 11) is -7.31. The average molecular weight is 485 g/mol. The summed E-state index contributed by atoms with van der Waals surface area (Å²) in [5.41, 5.74) is -3.34. The SMILES string of the molecule is Cc1cc(C(=O)NS(=O)(=O)C(F)(F)C(F)(F)C(F)(F)C(F)(F)F)cc(C(F)(F)F)c1. The molecule has 0 fully saturated rings. The summed E-state index contributed by atoms with van der Waals surface area (Å²) in [6.07, 6.45) is -12.5. The van der Waals surface area contributed by atoms with Crippen LogP contribution in [-0.2, 0) is 16.2 Å². The van der Waals surface area contributed by atoms with E-state index in [-0.39, 0.29) is 10.8 Å². The summed E-state index contributed by atoms with van der Waals surface area (Å²) in [4.78, 5) is 11.7. The summed E-state index contributed by atoms with van der Waals surface area (Å²) < 4.78 is 176. The number of carbonyl (C=O) groups is 1. The third-order valence-electron chi connectivity index (χ3n) is 3.35. The highest BCUT2D eigenvalue weighted by Gasteiger charge is 2.85. The van der Waals surface area contributed by atoms with Crippen molar-refractivity contribution in [1.29, 1.82) is 0 Å².